The summed E-state index contributed by atoms with van der Waals surface area (Å²) in [5.74, 6) is 1.74. The third-order valence-corrected chi connectivity index (χ3v) is 6.63. The summed E-state index contributed by atoms with van der Waals surface area (Å²) in [5, 5.41) is 4.06. The number of aromatic nitrogens is 3. The number of pyridine rings is 1. The highest BCUT2D eigenvalue weighted by Crippen LogP contribution is 2.38. The highest BCUT2D eigenvalue weighted by Gasteiger charge is 2.24. The zero-order valence-corrected chi connectivity index (χ0v) is 21.7. The molecule has 1 saturated heterocycles. The SMILES string of the molecule is C=CC(=O)N1CCC(Oc2cc3c(Nc4cc(-c5cncc(F)c5)ccc4OC)ncnc3cc2OC)CC1. The van der Waals surface area contributed by atoms with E-state index in [4.69, 9.17) is 14.2 Å². The average molecular weight is 530 g/mol. The number of hydrogen-bond donors (Lipinski definition) is 1. The predicted molar refractivity (Wildman–Crippen MR) is 146 cm³/mol. The number of hydrogen-bond acceptors (Lipinski definition) is 8. The summed E-state index contributed by atoms with van der Waals surface area (Å²) in [7, 11) is 3.16. The number of piperidine rings is 1. The molecule has 1 aliphatic rings. The van der Waals surface area contributed by atoms with Gasteiger partial charge in [0.1, 0.15) is 29.8 Å². The Labute approximate surface area is 225 Å². The van der Waals surface area contributed by atoms with Crippen LogP contribution < -0.4 is 19.5 Å². The molecular formula is C29H28FN5O4. The number of anilines is 2. The van der Waals surface area contributed by atoms with Gasteiger partial charge in [-0.05, 0) is 35.9 Å². The molecule has 1 amide bonds. The van der Waals surface area contributed by atoms with Crippen LogP contribution in [0.3, 0.4) is 0 Å². The van der Waals surface area contributed by atoms with E-state index in [1.165, 1.54) is 18.5 Å². The molecule has 200 valence electrons. The van der Waals surface area contributed by atoms with Gasteiger partial charge in [-0.1, -0.05) is 12.6 Å². The molecule has 0 aliphatic carbocycles. The fraction of sp³-hybridized carbons (Fsp3) is 0.241. The quantitative estimate of drug-likeness (QED) is 0.313. The van der Waals surface area contributed by atoms with Crippen LogP contribution >= 0.6 is 0 Å². The van der Waals surface area contributed by atoms with Gasteiger partial charge in [0.15, 0.2) is 11.5 Å². The maximum atomic E-state index is 13.8. The lowest BCUT2D eigenvalue weighted by atomic mass is 10.1. The second-order valence-electron chi connectivity index (χ2n) is 9.02. The monoisotopic (exact) mass is 529 g/mol. The maximum absolute atomic E-state index is 13.8. The van der Waals surface area contributed by atoms with Crippen molar-refractivity contribution in [1.29, 1.82) is 0 Å². The number of fused-ring (bicyclic) bond motifs is 1. The molecule has 5 rings (SSSR count). The van der Waals surface area contributed by atoms with Gasteiger partial charge >= 0.3 is 0 Å². The molecule has 3 heterocycles. The number of nitrogens with zero attached hydrogens (tertiary/aromatic N) is 4. The number of methoxy groups -OCH3 is 2. The third kappa shape index (κ3) is 5.59. The number of likely N-dealkylation sites (tertiary alicyclic amines) is 1. The van der Waals surface area contributed by atoms with Crippen molar-refractivity contribution in [3.8, 4) is 28.4 Å². The van der Waals surface area contributed by atoms with Gasteiger partial charge in [0.2, 0.25) is 5.91 Å². The minimum atomic E-state index is -0.418. The van der Waals surface area contributed by atoms with Crippen LogP contribution in [0.5, 0.6) is 17.2 Å². The van der Waals surface area contributed by atoms with E-state index in [9.17, 15) is 9.18 Å². The van der Waals surface area contributed by atoms with Crippen molar-refractivity contribution in [1.82, 2.24) is 19.9 Å². The standard InChI is InChI=1S/C29H28FN5O4/c1-4-28(36)35-9-7-21(8-10-35)39-27-13-22-23(14-26(27)38-3)32-17-33-29(22)34-24-12-18(5-6-25(24)37-2)19-11-20(30)16-31-15-19/h4-6,11-17,21H,1,7-10H2,2-3H3,(H,32,33,34). The van der Waals surface area contributed by atoms with Crippen LogP contribution in [0.2, 0.25) is 0 Å². The summed E-state index contributed by atoms with van der Waals surface area (Å²) in [6.45, 7) is 4.76. The molecule has 1 N–H and O–H groups in total. The molecule has 1 aliphatic heterocycles. The van der Waals surface area contributed by atoms with E-state index in [-0.39, 0.29) is 12.0 Å². The molecule has 0 radical (unpaired) electrons. The van der Waals surface area contributed by atoms with Crippen molar-refractivity contribution in [2.24, 2.45) is 0 Å². The molecule has 0 bridgehead atoms. The summed E-state index contributed by atoms with van der Waals surface area (Å²) < 4.78 is 31.3. The topological polar surface area (TPSA) is 98.7 Å². The Hall–Kier alpha value is -4.73. The molecule has 1 fully saturated rings. The first-order chi connectivity index (χ1) is 19.0. The molecule has 0 spiro atoms. The average Bonchev–Trinajstić information content (AvgIpc) is 2.97. The normalized spacial score (nSPS) is 13.7. The van der Waals surface area contributed by atoms with Gasteiger partial charge in [-0.3, -0.25) is 9.78 Å². The van der Waals surface area contributed by atoms with Crippen molar-refractivity contribution < 1.29 is 23.4 Å². The Morgan fingerprint density at radius 3 is 2.54 bits per heavy atom. The minimum absolute atomic E-state index is 0.0715. The first kappa shape index (κ1) is 25.9. The van der Waals surface area contributed by atoms with Gasteiger partial charge < -0.3 is 24.4 Å². The molecule has 4 aromatic rings. The van der Waals surface area contributed by atoms with Gasteiger partial charge in [0.05, 0.1) is 31.6 Å². The Kier molecular flexibility index (Phi) is 7.53. The molecule has 9 nitrogen and oxygen atoms in total. The van der Waals surface area contributed by atoms with Gasteiger partial charge in [0.25, 0.3) is 0 Å². The number of nitrogens with one attached hydrogen (secondary N) is 1. The molecule has 0 atom stereocenters. The van der Waals surface area contributed by atoms with Crippen molar-refractivity contribution in [3.63, 3.8) is 0 Å². The Balaban J connectivity index is 1.46. The van der Waals surface area contributed by atoms with Crippen molar-refractivity contribution in [2.45, 2.75) is 18.9 Å². The van der Waals surface area contributed by atoms with Crippen molar-refractivity contribution >= 4 is 28.3 Å². The van der Waals surface area contributed by atoms with Gasteiger partial charge in [0, 0.05) is 49.1 Å². The number of benzene rings is 2. The summed E-state index contributed by atoms with van der Waals surface area (Å²) >= 11 is 0. The zero-order chi connectivity index (χ0) is 27.4. The van der Waals surface area contributed by atoms with Gasteiger partial charge in [-0.15, -0.1) is 0 Å². The predicted octanol–water partition coefficient (Wildman–Crippen LogP) is 5.15. The van der Waals surface area contributed by atoms with Crippen LogP contribution in [0.15, 0.2) is 67.8 Å². The Morgan fingerprint density at radius 2 is 1.82 bits per heavy atom. The van der Waals surface area contributed by atoms with Crippen LogP contribution in [-0.4, -0.2) is 59.2 Å². The van der Waals surface area contributed by atoms with E-state index in [0.29, 0.717) is 71.2 Å². The van der Waals surface area contributed by atoms with Crippen molar-refractivity contribution in [2.75, 3.05) is 32.6 Å². The molecule has 0 unspecified atom stereocenters. The third-order valence-electron chi connectivity index (χ3n) is 6.63. The van der Waals surface area contributed by atoms with Crippen molar-refractivity contribution in [3.05, 3.63) is 73.6 Å². The van der Waals surface area contributed by atoms with E-state index in [1.54, 1.807) is 37.4 Å². The number of halogens is 1. The molecular weight excluding hydrogens is 501 g/mol. The van der Waals surface area contributed by atoms with E-state index >= 15 is 0 Å². The van der Waals surface area contributed by atoms with E-state index in [1.807, 2.05) is 18.2 Å². The highest BCUT2D eigenvalue weighted by molar-refractivity contribution is 5.94. The highest BCUT2D eigenvalue weighted by atomic mass is 19.1. The van der Waals surface area contributed by atoms with E-state index in [2.05, 4.69) is 26.8 Å². The lowest BCUT2D eigenvalue weighted by Gasteiger charge is -2.31. The Morgan fingerprint density at radius 1 is 1.03 bits per heavy atom. The first-order valence-corrected chi connectivity index (χ1v) is 12.5. The fourth-order valence-corrected chi connectivity index (χ4v) is 4.60. The van der Waals surface area contributed by atoms with Crippen LogP contribution in [0.25, 0.3) is 22.0 Å². The molecule has 2 aromatic heterocycles. The van der Waals surface area contributed by atoms with Crippen LogP contribution in [0.1, 0.15) is 12.8 Å². The smallest absolute Gasteiger partial charge is 0.245 e. The van der Waals surface area contributed by atoms with E-state index in [0.717, 1.165) is 11.8 Å². The second-order valence-corrected chi connectivity index (χ2v) is 9.02. The summed E-state index contributed by atoms with van der Waals surface area (Å²) in [6, 6.07) is 10.6. The fourth-order valence-electron chi connectivity index (χ4n) is 4.60. The lowest BCUT2D eigenvalue weighted by Crippen LogP contribution is -2.41. The van der Waals surface area contributed by atoms with Crippen LogP contribution in [-0.2, 0) is 4.79 Å². The summed E-state index contributed by atoms with van der Waals surface area (Å²) in [5.41, 5.74) is 2.69. The molecule has 39 heavy (non-hydrogen) atoms. The van der Waals surface area contributed by atoms with E-state index < -0.39 is 5.82 Å². The first-order valence-electron chi connectivity index (χ1n) is 12.5. The number of amides is 1. The van der Waals surface area contributed by atoms with Crippen LogP contribution in [0.4, 0.5) is 15.9 Å². The second kappa shape index (κ2) is 11.3. The summed E-state index contributed by atoms with van der Waals surface area (Å²) in [6.07, 6.45) is 6.86. The molecule has 0 saturated carbocycles. The lowest BCUT2D eigenvalue weighted by molar-refractivity contribution is -0.127. The number of carbonyl (C=O) groups is 1. The minimum Gasteiger partial charge on any atom is -0.495 e. The van der Waals surface area contributed by atoms with Crippen LogP contribution in [0, 0.1) is 5.82 Å². The Bertz CT molecular complexity index is 1520. The number of ether oxygens (including phenoxy) is 3. The maximum Gasteiger partial charge on any atom is 0.245 e. The number of rotatable bonds is 8. The largest absolute Gasteiger partial charge is 0.495 e. The zero-order valence-electron chi connectivity index (χ0n) is 21.7. The molecule has 2 aromatic carbocycles. The number of carbonyl (C=O) groups excluding carboxylic acids is 1. The summed E-state index contributed by atoms with van der Waals surface area (Å²) in [4.78, 5) is 26.5. The van der Waals surface area contributed by atoms with Gasteiger partial charge in [-0.25, -0.2) is 14.4 Å². The molecule has 10 heteroatoms. The van der Waals surface area contributed by atoms with Gasteiger partial charge in [-0.2, -0.15) is 0 Å².